The third-order valence-corrected chi connectivity index (χ3v) is 4.27. The molecular formula is C13H18N2O. The number of aliphatic hydroxyl groups is 1. The average molecular weight is 218 g/mol. The molecule has 86 valence electrons. The molecule has 3 heterocycles. The van der Waals surface area contributed by atoms with Gasteiger partial charge >= 0.3 is 0 Å². The van der Waals surface area contributed by atoms with Crippen molar-refractivity contribution in [3.63, 3.8) is 0 Å². The van der Waals surface area contributed by atoms with Gasteiger partial charge in [0.15, 0.2) is 0 Å². The molecule has 1 aromatic heterocycles. The third kappa shape index (κ3) is 1.46. The molecule has 2 bridgehead atoms. The highest BCUT2D eigenvalue weighted by atomic mass is 16.3. The smallest absolute Gasteiger partial charge is 0.109 e. The maximum atomic E-state index is 10.8. The maximum absolute atomic E-state index is 10.8. The number of hydrogen-bond donors (Lipinski definition) is 1. The van der Waals surface area contributed by atoms with Crippen molar-refractivity contribution >= 4 is 0 Å². The molecule has 2 aliphatic heterocycles. The molecule has 3 rings (SSSR count). The molecule has 2 fully saturated rings. The molecule has 0 radical (unpaired) electrons. The minimum Gasteiger partial charge on any atom is -0.383 e. The van der Waals surface area contributed by atoms with E-state index in [2.05, 4.69) is 16.9 Å². The van der Waals surface area contributed by atoms with Crippen LogP contribution in [0.5, 0.6) is 0 Å². The van der Waals surface area contributed by atoms with Gasteiger partial charge in [0, 0.05) is 18.3 Å². The van der Waals surface area contributed by atoms with Crippen LogP contribution < -0.4 is 0 Å². The lowest BCUT2D eigenvalue weighted by atomic mass is 9.83. The van der Waals surface area contributed by atoms with E-state index in [1.807, 2.05) is 18.2 Å². The first-order valence-corrected chi connectivity index (χ1v) is 6.05. The fraction of sp³-hybridized carbons (Fsp3) is 0.615. The van der Waals surface area contributed by atoms with Gasteiger partial charge in [-0.25, -0.2) is 0 Å². The molecule has 0 amide bonds. The number of hydrogen-bond acceptors (Lipinski definition) is 3. The summed E-state index contributed by atoms with van der Waals surface area (Å²) >= 11 is 0. The first-order chi connectivity index (χ1) is 7.69. The van der Waals surface area contributed by atoms with Gasteiger partial charge in [0.25, 0.3) is 0 Å². The molecule has 0 saturated carbocycles. The van der Waals surface area contributed by atoms with Gasteiger partial charge in [-0.15, -0.1) is 0 Å². The van der Waals surface area contributed by atoms with Gasteiger partial charge < -0.3 is 10.0 Å². The molecule has 1 aromatic rings. The van der Waals surface area contributed by atoms with Crippen molar-refractivity contribution < 1.29 is 5.11 Å². The highest BCUT2D eigenvalue weighted by Crippen LogP contribution is 2.44. The maximum Gasteiger partial charge on any atom is 0.109 e. The van der Waals surface area contributed by atoms with Crippen molar-refractivity contribution in [2.45, 2.75) is 43.4 Å². The minimum absolute atomic E-state index is 0.533. The van der Waals surface area contributed by atoms with Crippen LogP contribution in [0.3, 0.4) is 0 Å². The van der Waals surface area contributed by atoms with E-state index in [-0.39, 0.29) is 0 Å². The summed E-state index contributed by atoms with van der Waals surface area (Å²) in [5, 5.41) is 10.8. The summed E-state index contributed by atoms with van der Waals surface area (Å²) in [5.74, 6) is 0. The Morgan fingerprint density at radius 1 is 1.31 bits per heavy atom. The largest absolute Gasteiger partial charge is 0.383 e. The van der Waals surface area contributed by atoms with Gasteiger partial charge in [-0.1, -0.05) is 6.07 Å². The van der Waals surface area contributed by atoms with Crippen molar-refractivity contribution in [1.29, 1.82) is 0 Å². The van der Waals surface area contributed by atoms with E-state index in [9.17, 15) is 5.11 Å². The van der Waals surface area contributed by atoms with E-state index in [0.717, 1.165) is 18.5 Å². The van der Waals surface area contributed by atoms with Crippen molar-refractivity contribution in [2.75, 3.05) is 7.05 Å². The standard InChI is InChI=1S/C13H18N2O/c1-15-10-5-6-11(15)9-13(16,8-10)12-4-2-3-7-14-12/h2-4,7,10-11,16H,5-6,8-9H2,1H3/t10-,11+,13?. The first-order valence-electron chi connectivity index (χ1n) is 6.05. The Kier molecular flexibility index (Phi) is 2.26. The third-order valence-electron chi connectivity index (χ3n) is 4.27. The molecule has 0 aromatic carbocycles. The number of aromatic nitrogens is 1. The fourth-order valence-corrected chi connectivity index (χ4v) is 3.29. The molecular weight excluding hydrogens is 200 g/mol. The molecule has 0 spiro atoms. The summed E-state index contributed by atoms with van der Waals surface area (Å²) in [7, 11) is 2.18. The van der Waals surface area contributed by atoms with E-state index < -0.39 is 5.60 Å². The highest BCUT2D eigenvalue weighted by molar-refractivity contribution is 5.17. The Labute approximate surface area is 96.1 Å². The molecule has 3 heteroatoms. The second kappa shape index (κ2) is 3.54. The van der Waals surface area contributed by atoms with Crippen LogP contribution in [0.1, 0.15) is 31.4 Å². The van der Waals surface area contributed by atoms with Crippen molar-refractivity contribution in [1.82, 2.24) is 9.88 Å². The minimum atomic E-state index is -0.695. The van der Waals surface area contributed by atoms with Gasteiger partial charge in [0.2, 0.25) is 0 Å². The lowest BCUT2D eigenvalue weighted by molar-refractivity contribution is -0.0523. The zero-order valence-corrected chi connectivity index (χ0v) is 9.63. The van der Waals surface area contributed by atoms with Crippen LogP contribution >= 0.6 is 0 Å². The van der Waals surface area contributed by atoms with Gasteiger partial charge in [0.1, 0.15) is 5.60 Å². The molecule has 3 nitrogen and oxygen atoms in total. The lowest BCUT2D eigenvalue weighted by Crippen LogP contribution is -2.47. The highest BCUT2D eigenvalue weighted by Gasteiger charge is 2.47. The lowest BCUT2D eigenvalue weighted by Gasteiger charge is -2.41. The summed E-state index contributed by atoms with van der Waals surface area (Å²) in [5.41, 5.74) is 0.152. The van der Waals surface area contributed by atoms with Gasteiger partial charge in [-0.05, 0) is 44.9 Å². The quantitative estimate of drug-likeness (QED) is 0.776. The zero-order valence-electron chi connectivity index (χ0n) is 9.63. The van der Waals surface area contributed by atoms with Crippen LogP contribution in [0.2, 0.25) is 0 Å². The van der Waals surface area contributed by atoms with Crippen LogP contribution in [0.25, 0.3) is 0 Å². The van der Waals surface area contributed by atoms with Crippen molar-refractivity contribution in [3.05, 3.63) is 30.1 Å². The summed E-state index contributed by atoms with van der Waals surface area (Å²) < 4.78 is 0. The monoisotopic (exact) mass is 218 g/mol. The zero-order chi connectivity index (χ0) is 11.2. The predicted molar refractivity (Wildman–Crippen MR) is 61.9 cm³/mol. The molecule has 16 heavy (non-hydrogen) atoms. The molecule has 1 N–H and O–H groups in total. The summed E-state index contributed by atoms with van der Waals surface area (Å²) in [6, 6.07) is 6.87. The van der Waals surface area contributed by atoms with Crippen molar-refractivity contribution in [2.24, 2.45) is 0 Å². The number of nitrogens with zero attached hydrogens (tertiary/aromatic N) is 2. The molecule has 1 unspecified atom stereocenters. The van der Waals surface area contributed by atoms with Gasteiger partial charge in [-0.2, -0.15) is 0 Å². The summed E-state index contributed by atoms with van der Waals surface area (Å²) in [6.07, 6.45) is 5.87. The number of fused-ring (bicyclic) bond motifs is 2. The van der Waals surface area contributed by atoms with Crippen LogP contribution in [0.4, 0.5) is 0 Å². The summed E-state index contributed by atoms with van der Waals surface area (Å²) in [4.78, 5) is 6.76. The number of pyridine rings is 1. The fourth-order valence-electron chi connectivity index (χ4n) is 3.29. The predicted octanol–water partition coefficient (Wildman–Crippen LogP) is 1.53. The van der Waals surface area contributed by atoms with Crippen LogP contribution in [-0.4, -0.2) is 34.1 Å². The van der Waals surface area contributed by atoms with E-state index in [0.29, 0.717) is 12.1 Å². The van der Waals surface area contributed by atoms with Crippen LogP contribution in [0.15, 0.2) is 24.4 Å². The topological polar surface area (TPSA) is 36.4 Å². The molecule has 3 atom stereocenters. The van der Waals surface area contributed by atoms with E-state index in [1.165, 1.54) is 12.8 Å². The number of piperidine rings is 1. The van der Waals surface area contributed by atoms with Crippen LogP contribution in [-0.2, 0) is 5.60 Å². The SMILES string of the molecule is CN1[C@@H]2CC[C@H]1CC(O)(c1ccccn1)C2. The summed E-state index contributed by atoms with van der Waals surface area (Å²) in [6.45, 7) is 0. The van der Waals surface area contributed by atoms with Crippen molar-refractivity contribution in [3.8, 4) is 0 Å². The Morgan fingerprint density at radius 2 is 2.00 bits per heavy atom. The van der Waals surface area contributed by atoms with Crippen LogP contribution in [0, 0.1) is 0 Å². The van der Waals surface area contributed by atoms with E-state index in [4.69, 9.17) is 0 Å². The molecule has 2 saturated heterocycles. The average Bonchev–Trinajstić information content (AvgIpc) is 2.54. The first kappa shape index (κ1) is 10.2. The molecule has 0 aliphatic carbocycles. The van der Waals surface area contributed by atoms with Gasteiger partial charge in [-0.3, -0.25) is 4.98 Å². The second-order valence-electron chi connectivity index (χ2n) is 5.21. The Balaban J connectivity index is 1.91. The molecule has 2 aliphatic rings. The normalized spacial score (nSPS) is 38.9. The van der Waals surface area contributed by atoms with E-state index in [1.54, 1.807) is 6.20 Å². The van der Waals surface area contributed by atoms with E-state index >= 15 is 0 Å². The second-order valence-corrected chi connectivity index (χ2v) is 5.21. The Morgan fingerprint density at radius 3 is 2.56 bits per heavy atom. The van der Waals surface area contributed by atoms with Gasteiger partial charge in [0.05, 0.1) is 5.69 Å². The number of rotatable bonds is 1. The Hall–Kier alpha value is -0.930. The Bertz CT molecular complexity index is 365.